The van der Waals surface area contributed by atoms with Crippen LogP contribution in [0.4, 0.5) is 5.69 Å². The number of benzene rings is 1. The number of pyridine rings is 1. The molecule has 0 saturated carbocycles. The van der Waals surface area contributed by atoms with Crippen LogP contribution < -0.4 is 11.1 Å². The van der Waals surface area contributed by atoms with Crippen molar-refractivity contribution < 1.29 is 14.7 Å². The van der Waals surface area contributed by atoms with Crippen LogP contribution in [-0.2, 0) is 0 Å². The molecule has 0 spiro atoms. The predicted octanol–water partition coefficient (Wildman–Crippen LogP) is 1.79. The topological polar surface area (TPSA) is 105 Å². The Hall–Kier alpha value is -2.60. The van der Waals surface area contributed by atoms with E-state index in [9.17, 15) is 14.7 Å². The number of aromatic nitrogens is 1. The molecule has 0 atom stereocenters. The molecule has 1 heterocycles. The van der Waals surface area contributed by atoms with E-state index < -0.39 is 11.8 Å². The average Bonchev–Trinajstić information content (AvgIpc) is 2.43. The van der Waals surface area contributed by atoms with Gasteiger partial charge in [-0.25, -0.2) is 0 Å². The minimum absolute atomic E-state index is 0.0721. The maximum absolute atomic E-state index is 11.9. The van der Waals surface area contributed by atoms with Gasteiger partial charge in [-0.05, 0) is 30.3 Å². The lowest BCUT2D eigenvalue weighted by molar-refractivity contribution is 0.0990. The number of nitrogens with two attached hydrogens (primary N) is 1. The molecule has 2 aromatic rings. The highest BCUT2D eigenvalue weighted by atomic mass is 35.5. The van der Waals surface area contributed by atoms with Gasteiger partial charge in [0.1, 0.15) is 11.4 Å². The number of rotatable bonds is 3. The molecule has 102 valence electrons. The summed E-state index contributed by atoms with van der Waals surface area (Å²) in [7, 11) is 0. The van der Waals surface area contributed by atoms with Crippen LogP contribution in [0.25, 0.3) is 0 Å². The summed E-state index contributed by atoms with van der Waals surface area (Å²) in [5.74, 6) is -1.16. The summed E-state index contributed by atoms with van der Waals surface area (Å²) < 4.78 is 0. The molecule has 2 amide bonds. The second-order valence-corrected chi connectivity index (χ2v) is 4.32. The van der Waals surface area contributed by atoms with Gasteiger partial charge < -0.3 is 16.2 Å². The van der Waals surface area contributed by atoms with E-state index in [1.54, 1.807) is 0 Å². The molecule has 0 radical (unpaired) electrons. The number of carbonyl (C=O) groups is 2. The molecule has 0 fully saturated rings. The molecular formula is C13H10ClN3O3. The van der Waals surface area contributed by atoms with Crippen LogP contribution in [-0.4, -0.2) is 21.9 Å². The van der Waals surface area contributed by atoms with Crippen LogP contribution in [0.15, 0.2) is 36.5 Å². The van der Waals surface area contributed by atoms with E-state index in [1.807, 2.05) is 0 Å². The standard InChI is InChI=1S/C13H10ClN3O3/c14-9-5-8(2-4-11(9)18)17-13(20)7-1-3-10(12(15)19)16-6-7/h1-6,18H,(H2,15,19)(H,17,20). The number of nitrogens with one attached hydrogen (secondary N) is 1. The quantitative estimate of drug-likeness (QED) is 0.750. The molecule has 0 unspecified atom stereocenters. The van der Waals surface area contributed by atoms with Crippen molar-refractivity contribution in [2.45, 2.75) is 0 Å². The van der Waals surface area contributed by atoms with E-state index >= 15 is 0 Å². The maximum atomic E-state index is 11.9. The summed E-state index contributed by atoms with van der Waals surface area (Å²) in [5.41, 5.74) is 5.82. The Morgan fingerprint density at radius 1 is 1.25 bits per heavy atom. The predicted molar refractivity (Wildman–Crippen MR) is 73.8 cm³/mol. The number of amides is 2. The molecule has 7 heteroatoms. The van der Waals surface area contributed by atoms with Gasteiger partial charge in [0.15, 0.2) is 0 Å². The van der Waals surface area contributed by atoms with Crippen LogP contribution in [0, 0.1) is 0 Å². The number of aromatic hydroxyl groups is 1. The van der Waals surface area contributed by atoms with Gasteiger partial charge in [0.2, 0.25) is 0 Å². The third-order valence-electron chi connectivity index (χ3n) is 2.48. The zero-order valence-corrected chi connectivity index (χ0v) is 10.9. The van der Waals surface area contributed by atoms with Crippen molar-refractivity contribution in [1.29, 1.82) is 0 Å². The molecular weight excluding hydrogens is 282 g/mol. The Morgan fingerprint density at radius 2 is 2.00 bits per heavy atom. The van der Waals surface area contributed by atoms with Crippen LogP contribution in [0.3, 0.4) is 0 Å². The lowest BCUT2D eigenvalue weighted by Gasteiger charge is -2.06. The zero-order valence-electron chi connectivity index (χ0n) is 10.1. The second-order valence-electron chi connectivity index (χ2n) is 3.92. The van der Waals surface area contributed by atoms with E-state index in [0.29, 0.717) is 5.69 Å². The van der Waals surface area contributed by atoms with E-state index in [-0.39, 0.29) is 22.0 Å². The molecule has 4 N–H and O–H groups in total. The molecule has 2 rings (SSSR count). The molecule has 1 aromatic heterocycles. The molecule has 0 aliphatic heterocycles. The first kappa shape index (κ1) is 13.8. The number of anilines is 1. The van der Waals surface area contributed by atoms with Gasteiger partial charge in [-0.2, -0.15) is 0 Å². The highest BCUT2D eigenvalue weighted by molar-refractivity contribution is 6.32. The smallest absolute Gasteiger partial charge is 0.267 e. The van der Waals surface area contributed by atoms with Crippen molar-refractivity contribution in [3.05, 3.63) is 52.8 Å². The van der Waals surface area contributed by atoms with E-state index in [2.05, 4.69) is 10.3 Å². The summed E-state index contributed by atoms with van der Waals surface area (Å²) in [5, 5.41) is 12.0. The minimum Gasteiger partial charge on any atom is -0.506 e. The SMILES string of the molecule is NC(=O)c1ccc(C(=O)Nc2ccc(O)c(Cl)c2)cn1. The van der Waals surface area contributed by atoms with Crippen molar-refractivity contribution in [3.63, 3.8) is 0 Å². The molecule has 0 saturated heterocycles. The number of phenolic OH excluding ortho intramolecular Hbond substituents is 1. The Bertz CT molecular complexity index is 671. The van der Waals surface area contributed by atoms with Gasteiger partial charge in [0.05, 0.1) is 10.6 Å². The number of carbonyl (C=O) groups excluding carboxylic acids is 2. The number of primary amides is 1. The average molecular weight is 292 g/mol. The van der Waals surface area contributed by atoms with Gasteiger partial charge in [-0.3, -0.25) is 14.6 Å². The first-order valence-corrected chi connectivity index (χ1v) is 5.91. The maximum Gasteiger partial charge on any atom is 0.267 e. The van der Waals surface area contributed by atoms with Crippen molar-refractivity contribution in [2.24, 2.45) is 5.73 Å². The van der Waals surface area contributed by atoms with Crippen molar-refractivity contribution in [3.8, 4) is 5.75 Å². The van der Waals surface area contributed by atoms with E-state index in [1.165, 1.54) is 36.5 Å². The molecule has 6 nitrogen and oxygen atoms in total. The zero-order chi connectivity index (χ0) is 14.7. The van der Waals surface area contributed by atoms with Gasteiger partial charge in [-0.1, -0.05) is 11.6 Å². The first-order chi connectivity index (χ1) is 9.47. The Kier molecular flexibility index (Phi) is 3.86. The third kappa shape index (κ3) is 3.04. The molecule has 0 bridgehead atoms. The second kappa shape index (κ2) is 5.58. The van der Waals surface area contributed by atoms with E-state index in [0.717, 1.165) is 0 Å². The Balaban J connectivity index is 2.15. The summed E-state index contributed by atoms with van der Waals surface area (Å²) in [4.78, 5) is 26.6. The molecule has 0 aliphatic rings. The van der Waals surface area contributed by atoms with Crippen LogP contribution in [0.2, 0.25) is 5.02 Å². The highest BCUT2D eigenvalue weighted by Crippen LogP contribution is 2.26. The summed E-state index contributed by atoms with van der Waals surface area (Å²) in [6.45, 7) is 0. The van der Waals surface area contributed by atoms with Crippen molar-refractivity contribution in [1.82, 2.24) is 4.98 Å². The number of hydrogen-bond donors (Lipinski definition) is 3. The summed E-state index contributed by atoms with van der Waals surface area (Å²) in [6, 6.07) is 7.09. The third-order valence-corrected chi connectivity index (χ3v) is 2.79. The number of nitrogens with zero attached hydrogens (tertiary/aromatic N) is 1. The van der Waals surface area contributed by atoms with Gasteiger partial charge >= 0.3 is 0 Å². The van der Waals surface area contributed by atoms with Crippen LogP contribution in [0.5, 0.6) is 5.75 Å². The van der Waals surface area contributed by atoms with Crippen LogP contribution >= 0.6 is 11.6 Å². The fourth-order valence-corrected chi connectivity index (χ4v) is 1.64. The molecule has 0 aliphatic carbocycles. The van der Waals surface area contributed by atoms with Crippen molar-refractivity contribution in [2.75, 3.05) is 5.32 Å². The fraction of sp³-hybridized carbons (Fsp3) is 0. The summed E-state index contributed by atoms with van der Waals surface area (Å²) in [6.07, 6.45) is 1.25. The largest absolute Gasteiger partial charge is 0.506 e. The normalized spacial score (nSPS) is 10.1. The Morgan fingerprint density at radius 3 is 2.55 bits per heavy atom. The number of hydrogen-bond acceptors (Lipinski definition) is 4. The van der Waals surface area contributed by atoms with Gasteiger partial charge in [-0.15, -0.1) is 0 Å². The van der Waals surface area contributed by atoms with Gasteiger partial charge in [0.25, 0.3) is 11.8 Å². The number of phenols is 1. The van der Waals surface area contributed by atoms with Gasteiger partial charge in [0, 0.05) is 11.9 Å². The van der Waals surface area contributed by atoms with Crippen LogP contribution in [0.1, 0.15) is 20.8 Å². The molecule has 1 aromatic carbocycles. The summed E-state index contributed by atoms with van der Waals surface area (Å²) >= 11 is 5.73. The van der Waals surface area contributed by atoms with E-state index in [4.69, 9.17) is 17.3 Å². The van der Waals surface area contributed by atoms with Crippen molar-refractivity contribution >= 4 is 29.1 Å². The highest BCUT2D eigenvalue weighted by Gasteiger charge is 2.09. The monoisotopic (exact) mass is 291 g/mol. The fourth-order valence-electron chi connectivity index (χ4n) is 1.46. The Labute approximate surface area is 119 Å². The number of halogens is 1. The first-order valence-electron chi connectivity index (χ1n) is 5.53. The lowest BCUT2D eigenvalue weighted by atomic mass is 10.2. The minimum atomic E-state index is -0.665. The lowest BCUT2D eigenvalue weighted by Crippen LogP contribution is -2.15. The molecule has 20 heavy (non-hydrogen) atoms.